The number of non-ortho nitro benzene ring substituents is 1. The van der Waals surface area contributed by atoms with Crippen LogP contribution in [0.1, 0.15) is 11.1 Å². The Labute approximate surface area is 227 Å². The molecule has 178 valence electrons. The van der Waals surface area contributed by atoms with Crippen LogP contribution < -0.4 is 14.8 Å². The number of hydrogen-bond donors (Lipinski definition) is 1. The molecule has 0 aromatic heterocycles. The molecule has 0 atom stereocenters. The summed E-state index contributed by atoms with van der Waals surface area (Å²) in [6.07, 6.45) is 1.75. The fraction of sp³-hybridized carbons (Fsp3) is 0.0833. The lowest BCUT2D eigenvalue weighted by molar-refractivity contribution is -0.384. The molecule has 1 N–H and O–H groups in total. The lowest BCUT2D eigenvalue weighted by Gasteiger charge is -2.14. The predicted octanol–water partition coefficient (Wildman–Crippen LogP) is 6.44. The zero-order chi connectivity index (χ0) is 24.9. The summed E-state index contributed by atoms with van der Waals surface area (Å²) < 4.78 is 12.8. The molecule has 0 saturated carbocycles. The molecule has 0 bridgehead atoms. The number of hydrogen-bond acceptors (Lipinski definition) is 7. The summed E-state index contributed by atoms with van der Waals surface area (Å²) >= 11 is 6.65. The van der Waals surface area contributed by atoms with Crippen molar-refractivity contribution in [3.05, 3.63) is 94.9 Å². The van der Waals surface area contributed by atoms with Crippen LogP contribution in [0, 0.1) is 13.7 Å². The van der Waals surface area contributed by atoms with Crippen molar-refractivity contribution in [2.45, 2.75) is 6.61 Å². The number of benzene rings is 3. The van der Waals surface area contributed by atoms with Gasteiger partial charge in [0, 0.05) is 12.1 Å². The quantitative estimate of drug-likeness (QED) is 0.135. The van der Waals surface area contributed by atoms with E-state index in [1.807, 2.05) is 42.5 Å². The van der Waals surface area contributed by atoms with Crippen molar-refractivity contribution in [1.82, 2.24) is 5.32 Å². The van der Waals surface area contributed by atoms with Gasteiger partial charge in [-0.05, 0) is 85.7 Å². The van der Waals surface area contributed by atoms with Gasteiger partial charge in [-0.25, -0.2) is 4.99 Å². The van der Waals surface area contributed by atoms with Crippen molar-refractivity contribution < 1.29 is 19.2 Å². The fourth-order valence-electron chi connectivity index (χ4n) is 3.13. The van der Waals surface area contributed by atoms with Gasteiger partial charge < -0.3 is 14.8 Å². The average Bonchev–Trinajstić information content (AvgIpc) is 3.18. The molecule has 1 aliphatic heterocycles. The Balaban J connectivity index is 1.54. The second-order valence-electron chi connectivity index (χ2n) is 7.18. The summed E-state index contributed by atoms with van der Waals surface area (Å²) in [4.78, 5) is 27.8. The minimum Gasteiger partial charge on any atom is -0.493 e. The molecule has 4 rings (SSSR count). The Bertz CT molecular complexity index is 1360. The molecule has 11 heteroatoms. The number of nitrogens with one attached hydrogen (secondary N) is 1. The van der Waals surface area contributed by atoms with Crippen molar-refractivity contribution in [2.24, 2.45) is 4.99 Å². The summed E-state index contributed by atoms with van der Waals surface area (Å²) in [6, 6.07) is 17.8. The topological polar surface area (TPSA) is 103 Å². The number of halogens is 2. The van der Waals surface area contributed by atoms with E-state index in [-0.39, 0.29) is 11.6 Å². The van der Waals surface area contributed by atoms with E-state index in [2.05, 4.69) is 48.8 Å². The molecular weight excluding hydrogens is 649 g/mol. The summed E-state index contributed by atoms with van der Waals surface area (Å²) in [6.45, 7) is 0.407. The molecule has 1 heterocycles. The number of rotatable bonds is 7. The first-order chi connectivity index (χ1) is 16.8. The summed E-state index contributed by atoms with van der Waals surface area (Å²) in [5.74, 6) is 0.907. The Kier molecular flexibility index (Phi) is 8.08. The Morgan fingerprint density at radius 1 is 1.20 bits per heavy atom. The van der Waals surface area contributed by atoms with E-state index in [1.165, 1.54) is 30.0 Å². The molecule has 1 fully saturated rings. The standard InChI is InChI=1S/C24H17BrIN3O5S/c1-33-20-10-15(9-18(26)22(20)34-13-14-5-3-2-4-6-14)11-21-23(30)28-24(35-21)27-19-8-7-16(29(31)32)12-17(19)25/h2-12H,13H2,1H3,(H,27,28,30)/b21-11+. The summed E-state index contributed by atoms with van der Waals surface area (Å²) in [5.41, 5.74) is 2.23. The van der Waals surface area contributed by atoms with E-state index < -0.39 is 4.92 Å². The van der Waals surface area contributed by atoms with Gasteiger partial charge in [0.05, 0.1) is 30.7 Å². The normalized spacial score (nSPS) is 15.3. The molecule has 1 amide bonds. The first kappa shape index (κ1) is 25.2. The van der Waals surface area contributed by atoms with Crippen LogP contribution >= 0.6 is 50.3 Å². The van der Waals surface area contributed by atoms with Gasteiger partial charge in [-0.2, -0.15) is 0 Å². The van der Waals surface area contributed by atoms with Crippen LogP contribution in [0.25, 0.3) is 6.08 Å². The van der Waals surface area contributed by atoms with Crippen LogP contribution in [-0.4, -0.2) is 23.1 Å². The number of nitro benzene ring substituents is 1. The molecule has 0 aliphatic carbocycles. The van der Waals surface area contributed by atoms with E-state index in [9.17, 15) is 14.9 Å². The highest BCUT2D eigenvalue weighted by atomic mass is 127. The number of methoxy groups -OCH3 is 1. The smallest absolute Gasteiger partial charge is 0.270 e. The maximum absolute atomic E-state index is 12.5. The van der Waals surface area contributed by atoms with Gasteiger partial charge >= 0.3 is 0 Å². The maximum Gasteiger partial charge on any atom is 0.270 e. The van der Waals surface area contributed by atoms with Crippen molar-refractivity contribution in [3.63, 3.8) is 0 Å². The lowest BCUT2D eigenvalue weighted by atomic mass is 10.2. The molecule has 8 nitrogen and oxygen atoms in total. The lowest BCUT2D eigenvalue weighted by Crippen LogP contribution is -2.19. The Morgan fingerprint density at radius 3 is 2.66 bits per heavy atom. The molecule has 0 spiro atoms. The zero-order valence-corrected chi connectivity index (χ0v) is 22.7. The molecule has 0 radical (unpaired) electrons. The highest BCUT2D eigenvalue weighted by molar-refractivity contribution is 14.1. The molecule has 35 heavy (non-hydrogen) atoms. The van der Waals surface area contributed by atoms with Gasteiger partial charge in [0.15, 0.2) is 16.7 Å². The number of carbonyl (C=O) groups excluding carboxylic acids is 1. The molecular formula is C24H17BrIN3O5S. The van der Waals surface area contributed by atoms with Crippen LogP contribution in [0.15, 0.2) is 75.0 Å². The van der Waals surface area contributed by atoms with Gasteiger partial charge in [0.25, 0.3) is 11.6 Å². The third kappa shape index (κ3) is 6.21. The number of amides is 1. The molecule has 1 saturated heterocycles. The summed E-state index contributed by atoms with van der Waals surface area (Å²) in [7, 11) is 1.57. The number of thioether (sulfide) groups is 1. The number of amidine groups is 1. The van der Waals surface area contributed by atoms with Crippen LogP contribution in [0.2, 0.25) is 0 Å². The minimum atomic E-state index is -0.484. The van der Waals surface area contributed by atoms with Crippen LogP contribution in [0.4, 0.5) is 11.4 Å². The van der Waals surface area contributed by atoms with E-state index in [0.717, 1.165) is 14.7 Å². The predicted molar refractivity (Wildman–Crippen MR) is 148 cm³/mol. The minimum absolute atomic E-state index is 0.0516. The molecule has 3 aromatic rings. The SMILES string of the molecule is COc1cc(/C=C2/SC(=Nc3ccc([N+](=O)[O-])cc3Br)NC2=O)cc(I)c1OCc1ccccc1. The highest BCUT2D eigenvalue weighted by Crippen LogP contribution is 2.37. The van der Waals surface area contributed by atoms with Gasteiger partial charge in [0.2, 0.25) is 0 Å². The van der Waals surface area contributed by atoms with E-state index in [1.54, 1.807) is 13.2 Å². The highest BCUT2D eigenvalue weighted by Gasteiger charge is 2.25. The van der Waals surface area contributed by atoms with Gasteiger partial charge in [-0.3, -0.25) is 14.9 Å². The summed E-state index contributed by atoms with van der Waals surface area (Å²) in [5, 5.41) is 14.0. The van der Waals surface area contributed by atoms with E-state index in [0.29, 0.717) is 38.3 Å². The second-order valence-corrected chi connectivity index (χ2v) is 10.2. The zero-order valence-electron chi connectivity index (χ0n) is 18.2. The third-order valence-corrected chi connectivity index (χ3v) is 7.14. The average molecular weight is 666 g/mol. The van der Waals surface area contributed by atoms with Crippen LogP contribution in [-0.2, 0) is 11.4 Å². The van der Waals surface area contributed by atoms with Gasteiger partial charge in [-0.15, -0.1) is 0 Å². The molecule has 0 unspecified atom stereocenters. The Morgan fingerprint density at radius 2 is 1.97 bits per heavy atom. The van der Waals surface area contributed by atoms with Crippen molar-refractivity contribution in [2.75, 3.05) is 7.11 Å². The van der Waals surface area contributed by atoms with Crippen LogP contribution in [0.3, 0.4) is 0 Å². The maximum atomic E-state index is 12.5. The number of carbonyl (C=O) groups is 1. The van der Waals surface area contributed by atoms with Gasteiger partial charge in [0.1, 0.15) is 6.61 Å². The largest absolute Gasteiger partial charge is 0.493 e. The third-order valence-electron chi connectivity index (χ3n) is 4.79. The van der Waals surface area contributed by atoms with Crippen LogP contribution in [0.5, 0.6) is 11.5 Å². The molecule has 1 aliphatic rings. The first-order valence-electron chi connectivity index (χ1n) is 10.1. The number of nitrogens with zero attached hydrogens (tertiary/aromatic N) is 2. The molecule has 3 aromatic carbocycles. The number of ether oxygens (including phenoxy) is 2. The van der Waals surface area contributed by atoms with E-state index >= 15 is 0 Å². The second kappa shape index (κ2) is 11.2. The monoisotopic (exact) mass is 665 g/mol. The van der Waals surface area contributed by atoms with Crippen molar-refractivity contribution >= 4 is 78.8 Å². The van der Waals surface area contributed by atoms with E-state index in [4.69, 9.17) is 9.47 Å². The van der Waals surface area contributed by atoms with Crippen molar-refractivity contribution in [1.29, 1.82) is 0 Å². The first-order valence-corrected chi connectivity index (χ1v) is 12.8. The Hall–Kier alpha value is -2.90. The van der Waals surface area contributed by atoms with Crippen molar-refractivity contribution in [3.8, 4) is 11.5 Å². The fourth-order valence-corrected chi connectivity index (χ4v) is 5.21. The number of aliphatic imine (C=N–C) groups is 1. The number of nitro groups is 1. The van der Waals surface area contributed by atoms with Gasteiger partial charge in [-0.1, -0.05) is 30.3 Å².